The number of hydrogen-bond acceptors (Lipinski definition) is 4. The van der Waals surface area contributed by atoms with E-state index in [4.69, 9.17) is 4.74 Å². The Labute approximate surface area is 161 Å². The van der Waals surface area contributed by atoms with Gasteiger partial charge >= 0.3 is 0 Å². The van der Waals surface area contributed by atoms with Gasteiger partial charge in [-0.05, 0) is 50.2 Å². The highest BCUT2D eigenvalue weighted by Gasteiger charge is 2.12. The molecule has 3 aromatic rings. The highest BCUT2D eigenvalue weighted by atomic mass is 19.1. The molecule has 0 aliphatic heterocycles. The van der Waals surface area contributed by atoms with Gasteiger partial charge in [0.1, 0.15) is 23.2 Å². The van der Waals surface area contributed by atoms with Crippen LogP contribution in [0.5, 0.6) is 5.75 Å². The molecule has 3 rings (SSSR count). The Kier molecular flexibility index (Phi) is 5.84. The van der Waals surface area contributed by atoms with Gasteiger partial charge in [-0.2, -0.15) is 0 Å². The third-order valence-electron chi connectivity index (χ3n) is 3.71. The largest absolute Gasteiger partial charge is 0.489 e. The van der Waals surface area contributed by atoms with Gasteiger partial charge in [-0.3, -0.25) is 4.79 Å². The number of aromatic nitrogens is 1. The number of amides is 1. The summed E-state index contributed by atoms with van der Waals surface area (Å²) in [7, 11) is 0. The van der Waals surface area contributed by atoms with E-state index in [1.165, 1.54) is 24.4 Å². The number of nitrogens with zero attached hydrogens (tertiary/aromatic N) is 1. The molecular weight excluding hydrogens is 364 g/mol. The molecule has 5 nitrogen and oxygen atoms in total. The number of anilines is 3. The Morgan fingerprint density at radius 3 is 2.57 bits per heavy atom. The molecule has 0 unspecified atom stereocenters. The zero-order valence-corrected chi connectivity index (χ0v) is 15.4. The molecule has 7 heteroatoms. The minimum atomic E-state index is -0.847. The minimum Gasteiger partial charge on any atom is -0.489 e. The first-order chi connectivity index (χ1) is 13.4. The average Bonchev–Trinajstić information content (AvgIpc) is 2.65. The zero-order chi connectivity index (χ0) is 20.1. The normalized spacial score (nSPS) is 10.6. The molecule has 1 heterocycles. The molecule has 28 heavy (non-hydrogen) atoms. The molecule has 0 radical (unpaired) electrons. The topological polar surface area (TPSA) is 63.2 Å². The number of para-hydroxylation sites is 2. The van der Waals surface area contributed by atoms with Crippen molar-refractivity contribution >= 4 is 23.1 Å². The number of halogens is 2. The van der Waals surface area contributed by atoms with Crippen LogP contribution in [0.15, 0.2) is 60.8 Å². The number of hydrogen-bond donors (Lipinski definition) is 2. The van der Waals surface area contributed by atoms with E-state index in [0.29, 0.717) is 23.3 Å². The molecule has 0 saturated carbocycles. The lowest BCUT2D eigenvalue weighted by Crippen LogP contribution is -2.13. The second-order valence-electron chi connectivity index (χ2n) is 6.30. The zero-order valence-electron chi connectivity index (χ0n) is 15.4. The van der Waals surface area contributed by atoms with Crippen LogP contribution in [-0.4, -0.2) is 17.0 Å². The van der Waals surface area contributed by atoms with E-state index in [2.05, 4.69) is 15.6 Å². The SMILES string of the molecule is CC(C)Oc1ccccc1Nc1cc(C(=O)Nc2ccc(F)cc2F)ccn1. The predicted octanol–water partition coefficient (Wildman–Crippen LogP) is 5.14. The van der Waals surface area contributed by atoms with Gasteiger partial charge in [-0.1, -0.05) is 12.1 Å². The van der Waals surface area contributed by atoms with Gasteiger partial charge in [-0.15, -0.1) is 0 Å². The maximum atomic E-state index is 13.7. The Hall–Kier alpha value is -3.48. The molecule has 2 aromatic carbocycles. The monoisotopic (exact) mass is 383 g/mol. The molecule has 0 spiro atoms. The molecule has 2 N–H and O–H groups in total. The fourth-order valence-electron chi connectivity index (χ4n) is 2.49. The number of carbonyl (C=O) groups is 1. The van der Waals surface area contributed by atoms with Crippen LogP contribution in [-0.2, 0) is 0 Å². The standard InChI is InChI=1S/C21H19F2N3O2/c1-13(2)28-19-6-4-3-5-18(19)25-20-11-14(9-10-24-20)21(27)26-17-8-7-15(22)12-16(17)23/h3-13H,1-2H3,(H,24,25)(H,26,27). The van der Waals surface area contributed by atoms with E-state index in [9.17, 15) is 13.6 Å². The Morgan fingerprint density at radius 1 is 1.04 bits per heavy atom. The second kappa shape index (κ2) is 8.47. The van der Waals surface area contributed by atoms with E-state index in [-0.39, 0.29) is 17.4 Å². The third-order valence-corrected chi connectivity index (χ3v) is 3.71. The number of carbonyl (C=O) groups excluding carboxylic acids is 1. The molecule has 0 bridgehead atoms. The van der Waals surface area contributed by atoms with Crippen molar-refractivity contribution in [3.05, 3.63) is 78.0 Å². The third kappa shape index (κ3) is 4.82. The smallest absolute Gasteiger partial charge is 0.255 e. The van der Waals surface area contributed by atoms with E-state index in [0.717, 1.165) is 6.07 Å². The lowest BCUT2D eigenvalue weighted by atomic mass is 10.2. The van der Waals surface area contributed by atoms with Crippen LogP contribution in [0, 0.1) is 11.6 Å². The van der Waals surface area contributed by atoms with E-state index in [1.807, 2.05) is 38.1 Å². The summed E-state index contributed by atoms with van der Waals surface area (Å²) in [5, 5.41) is 5.54. The van der Waals surface area contributed by atoms with Crippen LogP contribution >= 0.6 is 0 Å². The van der Waals surface area contributed by atoms with Crippen molar-refractivity contribution in [2.45, 2.75) is 20.0 Å². The highest BCUT2D eigenvalue weighted by Crippen LogP contribution is 2.28. The van der Waals surface area contributed by atoms with Gasteiger partial charge in [0.2, 0.25) is 0 Å². The molecule has 0 atom stereocenters. The molecule has 0 aliphatic rings. The number of benzene rings is 2. The molecule has 0 aliphatic carbocycles. The second-order valence-corrected chi connectivity index (χ2v) is 6.30. The summed E-state index contributed by atoms with van der Waals surface area (Å²) < 4.78 is 32.5. The molecular formula is C21H19F2N3O2. The first kappa shape index (κ1) is 19.3. The van der Waals surface area contributed by atoms with Gasteiger partial charge in [0, 0.05) is 17.8 Å². The van der Waals surface area contributed by atoms with E-state index >= 15 is 0 Å². The van der Waals surface area contributed by atoms with Crippen LogP contribution in [0.1, 0.15) is 24.2 Å². The van der Waals surface area contributed by atoms with Crippen LogP contribution in [0.25, 0.3) is 0 Å². The van der Waals surface area contributed by atoms with Crippen LogP contribution in [0.2, 0.25) is 0 Å². The summed E-state index contributed by atoms with van der Waals surface area (Å²) in [6.45, 7) is 3.85. The van der Waals surface area contributed by atoms with Crippen molar-refractivity contribution in [2.75, 3.05) is 10.6 Å². The van der Waals surface area contributed by atoms with Crippen molar-refractivity contribution in [3.63, 3.8) is 0 Å². The van der Waals surface area contributed by atoms with Crippen LogP contribution in [0.3, 0.4) is 0 Å². The van der Waals surface area contributed by atoms with Crippen molar-refractivity contribution in [1.29, 1.82) is 0 Å². The summed E-state index contributed by atoms with van der Waals surface area (Å²) in [5.41, 5.74) is 0.864. The first-order valence-corrected chi connectivity index (χ1v) is 8.67. The maximum Gasteiger partial charge on any atom is 0.255 e. The van der Waals surface area contributed by atoms with E-state index < -0.39 is 17.5 Å². The summed E-state index contributed by atoms with van der Waals surface area (Å²) in [6.07, 6.45) is 1.46. The Morgan fingerprint density at radius 2 is 1.82 bits per heavy atom. The van der Waals surface area contributed by atoms with Crippen molar-refractivity contribution < 1.29 is 18.3 Å². The summed E-state index contributed by atoms with van der Waals surface area (Å²) in [6, 6.07) is 13.4. The fourth-order valence-corrected chi connectivity index (χ4v) is 2.49. The maximum absolute atomic E-state index is 13.7. The number of nitrogens with one attached hydrogen (secondary N) is 2. The molecule has 144 valence electrons. The van der Waals surface area contributed by atoms with Crippen molar-refractivity contribution in [2.24, 2.45) is 0 Å². The summed E-state index contributed by atoms with van der Waals surface area (Å²) in [5.74, 6) is -1.02. The fraction of sp³-hybridized carbons (Fsp3) is 0.143. The summed E-state index contributed by atoms with van der Waals surface area (Å²) >= 11 is 0. The van der Waals surface area contributed by atoms with Crippen LogP contribution < -0.4 is 15.4 Å². The molecule has 0 fully saturated rings. The van der Waals surface area contributed by atoms with Gasteiger partial charge in [0.15, 0.2) is 0 Å². The lowest BCUT2D eigenvalue weighted by Gasteiger charge is -2.15. The molecule has 1 aromatic heterocycles. The minimum absolute atomic E-state index is 0.00127. The highest BCUT2D eigenvalue weighted by molar-refractivity contribution is 6.04. The van der Waals surface area contributed by atoms with Gasteiger partial charge < -0.3 is 15.4 Å². The van der Waals surface area contributed by atoms with Gasteiger partial charge in [0.05, 0.1) is 17.5 Å². The number of rotatable bonds is 6. The Bertz CT molecular complexity index is 993. The van der Waals surface area contributed by atoms with Gasteiger partial charge in [0.25, 0.3) is 5.91 Å². The Balaban J connectivity index is 1.78. The molecule has 1 amide bonds. The van der Waals surface area contributed by atoms with Gasteiger partial charge in [-0.25, -0.2) is 13.8 Å². The quantitative estimate of drug-likeness (QED) is 0.618. The van der Waals surface area contributed by atoms with Crippen molar-refractivity contribution in [1.82, 2.24) is 4.98 Å². The molecule has 0 saturated heterocycles. The van der Waals surface area contributed by atoms with Crippen LogP contribution in [0.4, 0.5) is 26.0 Å². The van der Waals surface area contributed by atoms with Crippen molar-refractivity contribution in [3.8, 4) is 5.75 Å². The average molecular weight is 383 g/mol. The lowest BCUT2D eigenvalue weighted by molar-refractivity contribution is 0.102. The summed E-state index contributed by atoms with van der Waals surface area (Å²) in [4.78, 5) is 16.6. The number of pyridine rings is 1. The first-order valence-electron chi connectivity index (χ1n) is 8.67. The number of ether oxygens (including phenoxy) is 1. The predicted molar refractivity (Wildman–Crippen MR) is 104 cm³/mol. The van der Waals surface area contributed by atoms with E-state index in [1.54, 1.807) is 0 Å².